The fourth-order valence-corrected chi connectivity index (χ4v) is 4.74. The topological polar surface area (TPSA) is 80.4 Å². The molecule has 0 radical (unpaired) electrons. The molecule has 1 aliphatic rings. The van der Waals surface area contributed by atoms with Gasteiger partial charge in [-0.25, -0.2) is 9.59 Å². The number of hydrogen-bond donors (Lipinski definition) is 2. The molecule has 1 aliphatic carbocycles. The Kier molecular flexibility index (Phi) is 8.60. The molecule has 2 aromatic carbocycles. The highest BCUT2D eigenvalue weighted by Crippen LogP contribution is 2.27. The Morgan fingerprint density at radius 3 is 2.56 bits per heavy atom. The van der Waals surface area contributed by atoms with Gasteiger partial charge in [0.25, 0.3) is 0 Å². The van der Waals surface area contributed by atoms with Gasteiger partial charge in [-0.05, 0) is 36.0 Å². The number of aromatic nitrogens is 1. The van der Waals surface area contributed by atoms with Crippen molar-refractivity contribution in [3.05, 3.63) is 71.9 Å². The van der Waals surface area contributed by atoms with Crippen LogP contribution in [-0.4, -0.2) is 29.7 Å². The number of carbonyl (C=O) groups is 2. The van der Waals surface area contributed by atoms with Gasteiger partial charge in [-0.3, -0.25) is 0 Å². The van der Waals surface area contributed by atoms with Crippen LogP contribution < -0.4 is 5.32 Å². The zero-order chi connectivity index (χ0) is 23.6. The van der Waals surface area contributed by atoms with Crippen molar-refractivity contribution >= 4 is 23.0 Å². The van der Waals surface area contributed by atoms with Gasteiger partial charge in [-0.2, -0.15) is 0 Å². The molecular weight excluding hydrogens is 428 g/mol. The first-order valence-corrected chi connectivity index (χ1v) is 12.4. The number of rotatable bonds is 10. The van der Waals surface area contributed by atoms with Crippen LogP contribution in [0.15, 0.2) is 60.8 Å². The molecule has 34 heavy (non-hydrogen) atoms. The summed E-state index contributed by atoms with van der Waals surface area (Å²) in [5.74, 6) is 0.274. The van der Waals surface area contributed by atoms with Crippen molar-refractivity contribution in [2.45, 2.75) is 64.0 Å². The molecule has 180 valence electrons. The molecule has 1 heterocycles. The van der Waals surface area contributed by atoms with Crippen LogP contribution in [0.1, 0.15) is 56.1 Å². The summed E-state index contributed by atoms with van der Waals surface area (Å²) in [6.45, 7) is 0.517. The Morgan fingerprint density at radius 1 is 0.971 bits per heavy atom. The minimum absolute atomic E-state index is 0.155. The molecule has 1 fully saturated rings. The van der Waals surface area contributed by atoms with Crippen LogP contribution in [0, 0.1) is 5.92 Å². The molecule has 0 aliphatic heterocycles. The van der Waals surface area contributed by atoms with Crippen LogP contribution >= 0.6 is 0 Å². The lowest BCUT2D eigenvalue weighted by atomic mass is 9.86. The second-order valence-corrected chi connectivity index (χ2v) is 9.14. The Hall–Kier alpha value is -3.28. The van der Waals surface area contributed by atoms with Gasteiger partial charge >= 0.3 is 12.1 Å². The highest BCUT2D eigenvalue weighted by atomic mass is 16.6. The van der Waals surface area contributed by atoms with Gasteiger partial charge < -0.3 is 19.8 Å². The molecule has 1 saturated carbocycles. The number of esters is 1. The number of nitrogens with one attached hydrogen (secondary N) is 2. The van der Waals surface area contributed by atoms with Gasteiger partial charge in [0.1, 0.15) is 12.6 Å². The van der Waals surface area contributed by atoms with E-state index in [1.807, 2.05) is 60.8 Å². The first-order valence-electron chi connectivity index (χ1n) is 12.4. The van der Waals surface area contributed by atoms with E-state index >= 15 is 0 Å². The molecule has 6 nitrogen and oxygen atoms in total. The lowest BCUT2D eigenvalue weighted by Crippen LogP contribution is -2.43. The average molecular weight is 463 g/mol. The third-order valence-corrected chi connectivity index (χ3v) is 6.61. The van der Waals surface area contributed by atoms with E-state index in [0.717, 1.165) is 40.8 Å². The Bertz CT molecular complexity index is 1060. The van der Waals surface area contributed by atoms with Crippen LogP contribution in [0.4, 0.5) is 4.79 Å². The summed E-state index contributed by atoms with van der Waals surface area (Å²) in [5.41, 5.74) is 2.82. The highest BCUT2D eigenvalue weighted by Gasteiger charge is 2.25. The van der Waals surface area contributed by atoms with Crippen LogP contribution in [0.2, 0.25) is 0 Å². The fourth-order valence-electron chi connectivity index (χ4n) is 4.74. The van der Waals surface area contributed by atoms with Crippen LogP contribution in [0.25, 0.3) is 10.9 Å². The smallest absolute Gasteiger partial charge is 0.407 e. The van der Waals surface area contributed by atoms with Gasteiger partial charge in [0, 0.05) is 23.5 Å². The lowest BCUT2D eigenvalue weighted by molar-refractivity contribution is -0.147. The first-order chi connectivity index (χ1) is 16.7. The third kappa shape index (κ3) is 6.86. The maximum Gasteiger partial charge on any atom is 0.407 e. The van der Waals surface area contributed by atoms with Crippen LogP contribution in [-0.2, 0) is 27.3 Å². The van der Waals surface area contributed by atoms with Crippen LogP contribution in [0.5, 0.6) is 0 Å². The number of para-hydroxylation sites is 1. The maximum atomic E-state index is 12.9. The van der Waals surface area contributed by atoms with E-state index in [1.54, 1.807) is 0 Å². The van der Waals surface area contributed by atoms with Crippen molar-refractivity contribution in [1.82, 2.24) is 10.3 Å². The van der Waals surface area contributed by atoms with E-state index in [0.29, 0.717) is 13.0 Å². The van der Waals surface area contributed by atoms with E-state index in [4.69, 9.17) is 9.47 Å². The largest absolute Gasteiger partial charge is 0.459 e. The van der Waals surface area contributed by atoms with Crippen molar-refractivity contribution in [1.29, 1.82) is 0 Å². The van der Waals surface area contributed by atoms with E-state index in [1.165, 1.54) is 32.1 Å². The second-order valence-electron chi connectivity index (χ2n) is 9.14. The number of alkyl carbamates (subject to hydrolysis) is 1. The Labute approximate surface area is 201 Å². The fraction of sp³-hybridized carbons (Fsp3) is 0.429. The molecule has 0 spiro atoms. The number of aromatic amines is 1. The molecule has 1 unspecified atom stereocenters. The SMILES string of the molecule is O=C(NC(Cc1c[nH]c2ccccc12)C(=O)OCc1ccccc1)OCCCC1CCCCC1. The summed E-state index contributed by atoms with van der Waals surface area (Å²) < 4.78 is 11.0. The number of hydrogen-bond acceptors (Lipinski definition) is 4. The molecule has 1 atom stereocenters. The van der Waals surface area contributed by atoms with Crippen molar-refractivity contribution in [2.75, 3.05) is 6.61 Å². The molecular formula is C28H34N2O4. The van der Waals surface area contributed by atoms with E-state index in [-0.39, 0.29) is 6.61 Å². The zero-order valence-electron chi connectivity index (χ0n) is 19.6. The zero-order valence-corrected chi connectivity index (χ0v) is 19.6. The number of benzene rings is 2. The van der Waals surface area contributed by atoms with Gasteiger partial charge in [-0.1, -0.05) is 80.6 Å². The van der Waals surface area contributed by atoms with Gasteiger partial charge in [-0.15, -0.1) is 0 Å². The summed E-state index contributed by atoms with van der Waals surface area (Å²) in [4.78, 5) is 28.7. The summed E-state index contributed by atoms with van der Waals surface area (Å²) in [6, 6.07) is 16.6. The lowest BCUT2D eigenvalue weighted by Gasteiger charge is -2.21. The number of fused-ring (bicyclic) bond motifs is 1. The Balaban J connectivity index is 1.34. The molecule has 2 N–H and O–H groups in total. The minimum atomic E-state index is -0.839. The van der Waals surface area contributed by atoms with Crippen molar-refractivity contribution in [2.24, 2.45) is 5.92 Å². The molecule has 1 amide bonds. The quantitative estimate of drug-likeness (QED) is 0.290. The predicted octanol–water partition coefficient (Wildman–Crippen LogP) is 5.91. The number of amides is 1. The second kappa shape index (κ2) is 12.3. The van der Waals surface area contributed by atoms with Gasteiger partial charge in [0.15, 0.2) is 0 Å². The molecule has 4 rings (SSSR count). The standard InChI is InChI=1S/C28H34N2O4/c31-27(34-20-22-12-5-2-6-13-22)26(18-23-19-29-25-16-8-7-15-24(23)25)30-28(32)33-17-9-14-21-10-3-1-4-11-21/h2,5-8,12-13,15-16,19,21,26,29H,1,3-4,9-11,14,17-18,20H2,(H,30,32). The summed E-state index contributed by atoms with van der Waals surface area (Å²) >= 11 is 0. The molecule has 1 aromatic heterocycles. The normalized spacial score (nSPS) is 15.1. The van der Waals surface area contributed by atoms with Crippen molar-refractivity contribution in [3.8, 4) is 0 Å². The van der Waals surface area contributed by atoms with Crippen molar-refractivity contribution < 1.29 is 19.1 Å². The van der Waals surface area contributed by atoms with Crippen LogP contribution in [0.3, 0.4) is 0 Å². The summed E-state index contributed by atoms with van der Waals surface area (Å²) in [7, 11) is 0. The third-order valence-electron chi connectivity index (χ3n) is 6.61. The maximum absolute atomic E-state index is 12.9. The molecule has 3 aromatic rings. The molecule has 6 heteroatoms. The van der Waals surface area contributed by atoms with Crippen molar-refractivity contribution in [3.63, 3.8) is 0 Å². The number of H-pyrrole nitrogens is 1. The van der Waals surface area contributed by atoms with E-state index in [2.05, 4.69) is 10.3 Å². The Morgan fingerprint density at radius 2 is 1.74 bits per heavy atom. The molecule has 0 bridgehead atoms. The van der Waals surface area contributed by atoms with Gasteiger partial charge in [0.05, 0.1) is 6.61 Å². The minimum Gasteiger partial charge on any atom is -0.459 e. The summed E-state index contributed by atoms with van der Waals surface area (Å²) in [6.07, 6.45) is 10.1. The first kappa shape index (κ1) is 23.9. The highest BCUT2D eigenvalue weighted by molar-refractivity contribution is 5.86. The van der Waals surface area contributed by atoms with E-state index in [9.17, 15) is 9.59 Å². The average Bonchev–Trinajstić information content (AvgIpc) is 3.29. The molecule has 0 saturated heterocycles. The predicted molar refractivity (Wildman–Crippen MR) is 132 cm³/mol. The summed E-state index contributed by atoms with van der Waals surface area (Å²) in [5, 5.41) is 3.76. The monoisotopic (exact) mass is 462 g/mol. The van der Waals surface area contributed by atoms with E-state index < -0.39 is 18.1 Å². The number of carbonyl (C=O) groups excluding carboxylic acids is 2. The van der Waals surface area contributed by atoms with Gasteiger partial charge in [0.2, 0.25) is 0 Å². The number of ether oxygens (including phenoxy) is 2.